The van der Waals surface area contributed by atoms with E-state index in [9.17, 15) is 4.79 Å². The molecule has 0 aliphatic heterocycles. The highest BCUT2D eigenvalue weighted by molar-refractivity contribution is 6.06. The number of halogens is 1. The van der Waals surface area contributed by atoms with Crippen LogP contribution in [0.1, 0.15) is 10.4 Å². The first-order valence-electron chi connectivity index (χ1n) is 7.76. The number of methoxy groups -OCH3 is 1. The van der Waals surface area contributed by atoms with Gasteiger partial charge < -0.3 is 15.0 Å². The van der Waals surface area contributed by atoms with E-state index in [1.165, 1.54) is 0 Å². The lowest BCUT2D eigenvalue weighted by atomic mass is 10.1. The Morgan fingerprint density at radius 2 is 1.92 bits per heavy atom. The Hall–Kier alpha value is -2.44. The van der Waals surface area contributed by atoms with Crippen LogP contribution in [0.2, 0.25) is 0 Å². The molecule has 0 saturated heterocycles. The van der Waals surface area contributed by atoms with Gasteiger partial charge in [-0.1, -0.05) is 6.07 Å². The number of fused-ring (bicyclic) bond motifs is 2. The SMILES string of the molecule is COc1ccc2nc3c(C(=O)NCCN(C)C)cccc3nc2c1.Cl. The summed E-state index contributed by atoms with van der Waals surface area (Å²) in [6.07, 6.45) is 0. The first-order chi connectivity index (χ1) is 11.6. The van der Waals surface area contributed by atoms with Crippen molar-refractivity contribution >= 4 is 40.4 Å². The number of carbonyl (C=O) groups is 1. The maximum atomic E-state index is 12.5. The topological polar surface area (TPSA) is 67.3 Å². The summed E-state index contributed by atoms with van der Waals surface area (Å²) in [5, 5.41) is 2.92. The third kappa shape index (κ3) is 4.15. The van der Waals surface area contributed by atoms with Gasteiger partial charge in [-0.05, 0) is 38.4 Å². The molecule has 2 aromatic carbocycles. The summed E-state index contributed by atoms with van der Waals surface area (Å²) in [6, 6.07) is 11.0. The van der Waals surface area contributed by atoms with Crippen molar-refractivity contribution in [2.75, 3.05) is 34.3 Å². The number of hydrogen-bond donors (Lipinski definition) is 1. The summed E-state index contributed by atoms with van der Waals surface area (Å²) in [5.41, 5.74) is 3.31. The van der Waals surface area contributed by atoms with Crippen molar-refractivity contribution in [1.29, 1.82) is 0 Å². The van der Waals surface area contributed by atoms with Crippen LogP contribution in [-0.2, 0) is 0 Å². The van der Waals surface area contributed by atoms with E-state index >= 15 is 0 Å². The largest absolute Gasteiger partial charge is 0.497 e. The second-order valence-corrected chi connectivity index (χ2v) is 5.81. The van der Waals surface area contributed by atoms with Gasteiger partial charge in [-0.15, -0.1) is 12.4 Å². The molecule has 0 aliphatic rings. The quantitative estimate of drug-likeness (QED) is 0.708. The van der Waals surface area contributed by atoms with Gasteiger partial charge in [0.2, 0.25) is 0 Å². The third-order valence-electron chi connectivity index (χ3n) is 3.76. The average Bonchev–Trinajstić information content (AvgIpc) is 2.58. The summed E-state index contributed by atoms with van der Waals surface area (Å²) >= 11 is 0. The molecule has 0 saturated carbocycles. The number of ether oxygens (including phenoxy) is 1. The normalized spacial score (nSPS) is 10.7. The summed E-state index contributed by atoms with van der Waals surface area (Å²) in [5.74, 6) is 0.596. The molecule has 7 heteroatoms. The molecule has 0 bridgehead atoms. The van der Waals surface area contributed by atoms with E-state index in [-0.39, 0.29) is 18.3 Å². The molecular formula is C18H21ClN4O2. The van der Waals surface area contributed by atoms with Gasteiger partial charge in [0.25, 0.3) is 5.91 Å². The van der Waals surface area contributed by atoms with Crippen LogP contribution >= 0.6 is 12.4 Å². The molecule has 1 amide bonds. The monoisotopic (exact) mass is 360 g/mol. The molecule has 0 aliphatic carbocycles. The minimum absolute atomic E-state index is 0. The van der Waals surface area contributed by atoms with E-state index in [0.29, 0.717) is 23.1 Å². The van der Waals surface area contributed by atoms with Crippen molar-refractivity contribution in [1.82, 2.24) is 20.2 Å². The van der Waals surface area contributed by atoms with E-state index in [1.807, 2.05) is 49.3 Å². The molecule has 3 aromatic rings. The standard InChI is InChI=1S/C18H20N4O2.ClH/c1-22(2)10-9-19-18(23)13-5-4-6-15-17(13)21-14-8-7-12(24-3)11-16(14)20-15;/h4-8,11H,9-10H2,1-3H3,(H,19,23);1H. The second-order valence-electron chi connectivity index (χ2n) is 5.81. The molecule has 3 rings (SSSR count). The minimum Gasteiger partial charge on any atom is -0.497 e. The molecule has 1 N–H and O–H groups in total. The highest BCUT2D eigenvalue weighted by atomic mass is 35.5. The van der Waals surface area contributed by atoms with E-state index in [0.717, 1.165) is 23.3 Å². The Labute approximate surface area is 152 Å². The Bertz CT molecular complexity index is 899. The molecule has 0 radical (unpaired) electrons. The fraction of sp³-hybridized carbons (Fsp3) is 0.278. The fourth-order valence-corrected chi connectivity index (χ4v) is 2.48. The van der Waals surface area contributed by atoms with Crippen LogP contribution in [0.25, 0.3) is 22.1 Å². The van der Waals surface area contributed by atoms with Gasteiger partial charge in [-0.2, -0.15) is 0 Å². The summed E-state index contributed by atoms with van der Waals surface area (Å²) in [7, 11) is 5.55. The number of nitrogens with one attached hydrogen (secondary N) is 1. The van der Waals surface area contributed by atoms with Gasteiger partial charge in [0, 0.05) is 19.2 Å². The van der Waals surface area contributed by atoms with Crippen molar-refractivity contribution in [3.8, 4) is 5.75 Å². The Morgan fingerprint density at radius 1 is 1.12 bits per heavy atom. The maximum Gasteiger partial charge on any atom is 0.253 e. The Morgan fingerprint density at radius 3 is 2.64 bits per heavy atom. The predicted molar refractivity (Wildman–Crippen MR) is 102 cm³/mol. The van der Waals surface area contributed by atoms with E-state index in [4.69, 9.17) is 4.74 Å². The Kier molecular flexibility index (Phi) is 6.12. The van der Waals surface area contributed by atoms with Gasteiger partial charge in [0.05, 0.1) is 29.2 Å². The van der Waals surface area contributed by atoms with Crippen molar-refractivity contribution in [2.24, 2.45) is 0 Å². The van der Waals surface area contributed by atoms with E-state index in [2.05, 4.69) is 15.3 Å². The Balaban J connectivity index is 0.00000225. The zero-order chi connectivity index (χ0) is 17.1. The molecule has 1 aromatic heterocycles. The molecular weight excluding hydrogens is 340 g/mol. The second kappa shape index (κ2) is 8.09. The highest BCUT2D eigenvalue weighted by Crippen LogP contribution is 2.22. The minimum atomic E-state index is -0.135. The number of likely N-dealkylation sites (N-methyl/N-ethyl adjacent to an activating group) is 1. The van der Waals surface area contributed by atoms with Crippen molar-refractivity contribution in [2.45, 2.75) is 0 Å². The van der Waals surface area contributed by atoms with Crippen LogP contribution in [0.15, 0.2) is 36.4 Å². The molecule has 0 spiro atoms. The smallest absolute Gasteiger partial charge is 0.253 e. The summed E-state index contributed by atoms with van der Waals surface area (Å²) < 4.78 is 5.22. The van der Waals surface area contributed by atoms with Gasteiger partial charge >= 0.3 is 0 Å². The molecule has 132 valence electrons. The number of aromatic nitrogens is 2. The van der Waals surface area contributed by atoms with Crippen molar-refractivity contribution in [3.63, 3.8) is 0 Å². The zero-order valence-electron chi connectivity index (χ0n) is 14.4. The van der Waals surface area contributed by atoms with Crippen LogP contribution in [0.4, 0.5) is 0 Å². The predicted octanol–water partition coefficient (Wildman–Crippen LogP) is 2.50. The molecule has 0 fully saturated rings. The van der Waals surface area contributed by atoms with Gasteiger partial charge in [0.15, 0.2) is 0 Å². The molecule has 0 atom stereocenters. The third-order valence-corrected chi connectivity index (χ3v) is 3.76. The summed E-state index contributed by atoms with van der Waals surface area (Å²) in [4.78, 5) is 23.7. The van der Waals surface area contributed by atoms with E-state index < -0.39 is 0 Å². The number of rotatable bonds is 5. The summed E-state index contributed by atoms with van der Waals surface area (Å²) in [6.45, 7) is 1.37. The van der Waals surface area contributed by atoms with Gasteiger partial charge in [-0.3, -0.25) is 4.79 Å². The number of amides is 1. The number of hydrogen-bond acceptors (Lipinski definition) is 5. The lowest BCUT2D eigenvalue weighted by Crippen LogP contribution is -2.31. The first-order valence-corrected chi connectivity index (χ1v) is 7.76. The van der Waals surface area contributed by atoms with Crippen molar-refractivity contribution < 1.29 is 9.53 Å². The number of para-hydroxylation sites is 1. The van der Waals surface area contributed by atoms with Crippen LogP contribution in [0.5, 0.6) is 5.75 Å². The molecule has 0 unspecified atom stereocenters. The lowest BCUT2D eigenvalue weighted by molar-refractivity contribution is 0.0952. The number of nitrogens with zero attached hydrogens (tertiary/aromatic N) is 3. The van der Waals surface area contributed by atoms with Gasteiger partial charge in [0.1, 0.15) is 11.3 Å². The molecule has 1 heterocycles. The molecule has 6 nitrogen and oxygen atoms in total. The lowest BCUT2D eigenvalue weighted by Gasteiger charge is -2.11. The average molecular weight is 361 g/mol. The van der Waals surface area contributed by atoms with Crippen LogP contribution in [0.3, 0.4) is 0 Å². The molecule has 25 heavy (non-hydrogen) atoms. The van der Waals surface area contributed by atoms with Crippen LogP contribution in [0, 0.1) is 0 Å². The fourth-order valence-electron chi connectivity index (χ4n) is 2.48. The zero-order valence-corrected chi connectivity index (χ0v) is 15.3. The van der Waals surface area contributed by atoms with Gasteiger partial charge in [-0.25, -0.2) is 9.97 Å². The van der Waals surface area contributed by atoms with E-state index in [1.54, 1.807) is 13.2 Å². The highest BCUT2D eigenvalue weighted by Gasteiger charge is 2.13. The van der Waals surface area contributed by atoms with Crippen molar-refractivity contribution in [3.05, 3.63) is 42.0 Å². The maximum absolute atomic E-state index is 12.5. The first kappa shape index (κ1) is 18.9. The number of carbonyl (C=O) groups excluding carboxylic acids is 1. The van der Waals surface area contributed by atoms with Crippen LogP contribution < -0.4 is 10.1 Å². The van der Waals surface area contributed by atoms with Crippen LogP contribution in [-0.4, -0.2) is 55.1 Å². The number of benzene rings is 2.